The van der Waals surface area contributed by atoms with Gasteiger partial charge in [0.2, 0.25) is 0 Å². The van der Waals surface area contributed by atoms with Crippen LogP contribution in [0.4, 0.5) is 0 Å². The molecule has 0 spiro atoms. The quantitative estimate of drug-likeness (QED) is 0.661. The molecule has 0 atom stereocenters. The zero-order valence-corrected chi connectivity index (χ0v) is 7.47. The lowest BCUT2D eigenvalue weighted by atomic mass is 9.75. The molecule has 66 valence electrons. The zero-order valence-electron chi connectivity index (χ0n) is 7.47. The molecule has 0 amide bonds. The highest BCUT2D eigenvalue weighted by Gasteiger charge is 2.29. The maximum atomic E-state index is 9.27. The molecule has 1 N–H and O–H groups in total. The first kappa shape index (κ1) is 9.01. The molecular weight excluding hydrogens is 140 g/mol. The fourth-order valence-electron chi connectivity index (χ4n) is 1.79. The molecule has 2 nitrogen and oxygen atoms in total. The summed E-state index contributed by atoms with van der Waals surface area (Å²) in [5.41, 5.74) is 0.327. The third kappa shape index (κ3) is 2.46. The molecule has 0 aromatic carbocycles. The molecule has 0 unspecified atom stereocenters. The van der Waals surface area contributed by atoms with Gasteiger partial charge in [-0.1, -0.05) is 6.92 Å². The van der Waals surface area contributed by atoms with Gasteiger partial charge in [0.25, 0.3) is 0 Å². The van der Waals surface area contributed by atoms with Crippen molar-refractivity contribution in [3.05, 3.63) is 0 Å². The number of aliphatic hydroxyl groups excluding tert-OH is 1. The van der Waals surface area contributed by atoms with E-state index in [4.69, 9.17) is 4.74 Å². The van der Waals surface area contributed by atoms with Gasteiger partial charge in [-0.2, -0.15) is 0 Å². The normalized spacial score (nSPS) is 39.0. The molecule has 0 bridgehead atoms. The van der Waals surface area contributed by atoms with Gasteiger partial charge >= 0.3 is 0 Å². The van der Waals surface area contributed by atoms with E-state index in [0.29, 0.717) is 5.41 Å². The number of methoxy groups -OCH3 is 1. The standard InChI is InChI=1S/C9H18O2/c1-9(7-11-2)5-3-8(10)4-6-9/h8,10H,3-7H2,1-2H3/t8-,9-. The van der Waals surface area contributed by atoms with E-state index in [-0.39, 0.29) is 6.10 Å². The molecule has 2 heteroatoms. The zero-order chi connectivity index (χ0) is 8.32. The molecular formula is C9H18O2. The average Bonchev–Trinajstić information content (AvgIpc) is 1.97. The van der Waals surface area contributed by atoms with E-state index in [2.05, 4.69) is 6.92 Å². The molecule has 0 saturated heterocycles. The summed E-state index contributed by atoms with van der Waals surface area (Å²) in [7, 11) is 1.75. The van der Waals surface area contributed by atoms with Crippen LogP contribution in [0.3, 0.4) is 0 Å². The van der Waals surface area contributed by atoms with Gasteiger partial charge in [-0.3, -0.25) is 0 Å². The van der Waals surface area contributed by atoms with Crippen molar-refractivity contribution in [2.24, 2.45) is 5.41 Å². The van der Waals surface area contributed by atoms with Crippen molar-refractivity contribution in [1.29, 1.82) is 0 Å². The maximum absolute atomic E-state index is 9.27. The van der Waals surface area contributed by atoms with Gasteiger partial charge in [0.05, 0.1) is 12.7 Å². The van der Waals surface area contributed by atoms with Crippen molar-refractivity contribution in [2.75, 3.05) is 13.7 Å². The first-order valence-corrected chi connectivity index (χ1v) is 4.33. The van der Waals surface area contributed by atoms with Crippen molar-refractivity contribution in [3.63, 3.8) is 0 Å². The minimum Gasteiger partial charge on any atom is -0.393 e. The summed E-state index contributed by atoms with van der Waals surface area (Å²) in [4.78, 5) is 0. The molecule has 1 saturated carbocycles. The van der Waals surface area contributed by atoms with E-state index >= 15 is 0 Å². The Bertz CT molecular complexity index is 115. The average molecular weight is 158 g/mol. The highest BCUT2D eigenvalue weighted by Crippen LogP contribution is 2.35. The number of aliphatic hydroxyl groups is 1. The monoisotopic (exact) mass is 158 g/mol. The van der Waals surface area contributed by atoms with Crippen LogP contribution in [0.15, 0.2) is 0 Å². The number of hydrogen-bond acceptors (Lipinski definition) is 2. The van der Waals surface area contributed by atoms with Crippen LogP contribution in [-0.2, 0) is 4.74 Å². The third-order valence-corrected chi connectivity index (χ3v) is 2.66. The summed E-state index contributed by atoms with van der Waals surface area (Å²) in [5, 5.41) is 9.27. The predicted octanol–water partition coefficient (Wildman–Crippen LogP) is 1.57. The molecule has 1 rings (SSSR count). The van der Waals surface area contributed by atoms with E-state index in [0.717, 1.165) is 32.3 Å². The molecule has 1 aliphatic rings. The van der Waals surface area contributed by atoms with Crippen LogP contribution < -0.4 is 0 Å². The molecule has 0 heterocycles. The SMILES string of the molecule is COC[C@]1(C)CC[C@@H](O)CC1. The highest BCUT2D eigenvalue weighted by atomic mass is 16.5. The van der Waals surface area contributed by atoms with Crippen molar-refractivity contribution < 1.29 is 9.84 Å². The van der Waals surface area contributed by atoms with Gasteiger partial charge in [-0.05, 0) is 31.1 Å². The van der Waals surface area contributed by atoms with Crippen molar-refractivity contribution in [2.45, 2.75) is 38.7 Å². The van der Waals surface area contributed by atoms with Crippen LogP contribution in [0, 0.1) is 5.41 Å². The summed E-state index contributed by atoms with van der Waals surface area (Å²) in [6.45, 7) is 3.07. The second-order valence-corrected chi connectivity index (χ2v) is 3.97. The fourth-order valence-corrected chi connectivity index (χ4v) is 1.79. The van der Waals surface area contributed by atoms with Gasteiger partial charge in [-0.25, -0.2) is 0 Å². The minimum absolute atomic E-state index is 0.0556. The van der Waals surface area contributed by atoms with E-state index < -0.39 is 0 Å². The van der Waals surface area contributed by atoms with Gasteiger partial charge in [0.15, 0.2) is 0 Å². The topological polar surface area (TPSA) is 29.5 Å². The minimum atomic E-state index is -0.0556. The maximum Gasteiger partial charge on any atom is 0.0540 e. The Labute approximate surface area is 68.6 Å². The third-order valence-electron chi connectivity index (χ3n) is 2.66. The first-order chi connectivity index (χ1) is 5.16. The van der Waals surface area contributed by atoms with Crippen LogP contribution in [0.2, 0.25) is 0 Å². The smallest absolute Gasteiger partial charge is 0.0540 e. The highest BCUT2D eigenvalue weighted by molar-refractivity contribution is 4.81. The van der Waals surface area contributed by atoms with E-state index in [1.54, 1.807) is 7.11 Å². The van der Waals surface area contributed by atoms with Crippen LogP contribution in [0.5, 0.6) is 0 Å². The Balaban J connectivity index is 2.35. The van der Waals surface area contributed by atoms with E-state index in [9.17, 15) is 5.11 Å². The lowest BCUT2D eigenvalue weighted by Crippen LogP contribution is -2.30. The molecule has 1 aliphatic carbocycles. The van der Waals surface area contributed by atoms with Crippen LogP contribution in [-0.4, -0.2) is 24.9 Å². The second-order valence-electron chi connectivity index (χ2n) is 3.97. The predicted molar refractivity (Wildman–Crippen MR) is 44.5 cm³/mol. The summed E-state index contributed by atoms with van der Waals surface area (Å²) >= 11 is 0. The Morgan fingerprint density at radius 3 is 2.45 bits per heavy atom. The Morgan fingerprint density at radius 2 is 2.00 bits per heavy atom. The first-order valence-electron chi connectivity index (χ1n) is 4.33. The van der Waals surface area contributed by atoms with Gasteiger partial charge in [0.1, 0.15) is 0 Å². The van der Waals surface area contributed by atoms with Gasteiger partial charge in [-0.15, -0.1) is 0 Å². The van der Waals surface area contributed by atoms with E-state index in [1.807, 2.05) is 0 Å². The summed E-state index contributed by atoms with van der Waals surface area (Å²) in [6, 6.07) is 0. The second kappa shape index (κ2) is 3.55. The lowest BCUT2D eigenvalue weighted by Gasteiger charge is -2.34. The molecule has 1 fully saturated rings. The summed E-state index contributed by atoms with van der Waals surface area (Å²) in [5.74, 6) is 0. The summed E-state index contributed by atoms with van der Waals surface area (Å²) < 4.78 is 5.14. The summed E-state index contributed by atoms with van der Waals surface area (Å²) in [6.07, 6.45) is 4.03. The Morgan fingerprint density at radius 1 is 1.45 bits per heavy atom. The lowest BCUT2D eigenvalue weighted by molar-refractivity contribution is 0.0185. The van der Waals surface area contributed by atoms with Crippen molar-refractivity contribution in [3.8, 4) is 0 Å². The molecule has 11 heavy (non-hydrogen) atoms. The molecule has 0 aromatic rings. The fraction of sp³-hybridized carbons (Fsp3) is 1.00. The van der Waals surface area contributed by atoms with Crippen LogP contribution in [0.25, 0.3) is 0 Å². The van der Waals surface area contributed by atoms with Gasteiger partial charge < -0.3 is 9.84 Å². The van der Waals surface area contributed by atoms with E-state index in [1.165, 1.54) is 0 Å². The Kier molecular flexibility index (Phi) is 2.90. The van der Waals surface area contributed by atoms with Crippen molar-refractivity contribution in [1.82, 2.24) is 0 Å². The molecule has 0 radical (unpaired) electrons. The Hall–Kier alpha value is -0.0800. The van der Waals surface area contributed by atoms with Gasteiger partial charge in [0, 0.05) is 7.11 Å². The largest absolute Gasteiger partial charge is 0.393 e. The van der Waals surface area contributed by atoms with Crippen LogP contribution >= 0.6 is 0 Å². The van der Waals surface area contributed by atoms with Crippen LogP contribution in [0.1, 0.15) is 32.6 Å². The van der Waals surface area contributed by atoms with Crippen molar-refractivity contribution >= 4 is 0 Å². The molecule has 0 aliphatic heterocycles. The molecule has 0 aromatic heterocycles. The number of rotatable bonds is 2. The number of hydrogen-bond donors (Lipinski definition) is 1. The number of ether oxygens (including phenoxy) is 1.